The maximum absolute atomic E-state index is 10.9. The molecule has 0 saturated carbocycles. The van der Waals surface area contributed by atoms with E-state index >= 15 is 0 Å². The van der Waals surface area contributed by atoms with Crippen LogP contribution in [0.2, 0.25) is 0 Å². The van der Waals surface area contributed by atoms with E-state index in [-0.39, 0.29) is 5.97 Å². The van der Waals surface area contributed by atoms with Gasteiger partial charge in [-0.3, -0.25) is 0 Å². The minimum atomic E-state index is -0.112. The van der Waals surface area contributed by atoms with E-state index in [1.165, 1.54) is 5.57 Å². The molecular formula is C8H8O2. The summed E-state index contributed by atoms with van der Waals surface area (Å²) in [5.41, 5.74) is 2.06. The van der Waals surface area contributed by atoms with Gasteiger partial charge in [0.2, 0.25) is 0 Å². The molecule has 0 amide bonds. The van der Waals surface area contributed by atoms with E-state index in [0.29, 0.717) is 6.61 Å². The van der Waals surface area contributed by atoms with Crippen LogP contribution in [0.25, 0.3) is 0 Å². The minimum absolute atomic E-state index is 0.112. The number of esters is 1. The fourth-order valence-electron chi connectivity index (χ4n) is 1.31. The number of carbonyl (C=O) groups excluding carboxylic acids is 1. The molecule has 2 nitrogen and oxygen atoms in total. The van der Waals surface area contributed by atoms with Gasteiger partial charge in [-0.1, -0.05) is 12.2 Å². The third kappa shape index (κ3) is 0.685. The lowest BCUT2D eigenvalue weighted by atomic mass is 10.00. The Bertz CT molecular complexity index is 236. The first kappa shape index (κ1) is 5.71. The third-order valence-corrected chi connectivity index (χ3v) is 1.90. The lowest BCUT2D eigenvalue weighted by molar-refractivity contribution is -0.136. The van der Waals surface area contributed by atoms with Gasteiger partial charge in [0.05, 0.1) is 0 Å². The van der Waals surface area contributed by atoms with Gasteiger partial charge >= 0.3 is 5.97 Å². The second-order valence-corrected chi connectivity index (χ2v) is 2.54. The Morgan fingerprint density at radius 1 is 1.30 bits per heavy atom. The minimum Gasteiger partial charge on any atom is -0.458 e. The fraction of sp³-hybridized carbons (Fsp3) is 0.375. The predicted molar refractivity (Wildman–Crippen MR) is 36.4 cm³/mol. The summed E-state index contributed by atoms with van der Waals surface area (Å²) in [4.78, 5) is 10.9. The zero-order chi connectivity index (χ0) is 6.97. The molecular weight excluding hydrogens is 128 g/mol. The lowest BCUT2D eigenvalue weighted by Gasteiger charge is -2.01. The van der Waals surface area contributed by atoms with Crippen molar-refractivity contribution in [2.24, 2.45) is 0 Å². The van der Waals surface area contributed by atoms with Crippen LogP contribution >= 0.6 is 0 Å². The molecule has 0 aromatic heterocycles. The van der Waals surface area contributed by atoms with Gasteiger partial charge in [0.25, 0.3) is 0 Å². The molecule has 0 aromatic rings. The summed E-state index contributed by atoms with van der Waals surface area (Å²) < 4.78 is 4.85. The van der Waals surface area contributed by atoms with Gasteiger partial charge in [0.15, 0.2) is 0 Å². The molecule has 0 aromatic carbocycles. The van der Waals surface area contributed by atoms with Crippen molar-refractivity contribution in [1.29, 1.82) is 0 Å². The summed E-state index contributed by atoms with van der Waals surface area (Å²) in [5, 5.41) is 0. The molecule has 0 N–H and O–H groups in total. The van der Waals surface area contributed by atoms with E-state index in [1.807, 2.05) is 6.08 Å². The second-order valence-electron chi connectivity index (χ2n) is 2.54. The first-order valence-electron chi connectivity index (χ1n) is 3.41. The van der Waals surface area contributed by atoms with Crippen molar-refractivity contribution in [1.82, 2.24) is 0 Å². The lowest BCUT2D eigenvalue weighted by Crippen LogP contribution is -1.98. The Morgan fingerprint density at radius 3 is 2.90 bits per heavy atom. The molecule has 52 valence electrons. The van der Waals surface area contributed by atoms with E-state index < -0.39 is 0 Å². The van der Waals surface area contributed by atoms with Gasteiger partial charge in [-0.25, -0.2) is 4.79 Å². The number of cyclic esters (lactones) is 1. The molecule has 1 aliphatic carbocycles. The number of ether oxygens (including phenoxy) is 1. The van der Waals surface area contributed by atoms with Crippen molar-refractivity contribution >= 4 is 5.97 Å². The molecule has 0 fully saturated rings. The van der Waals surface area contributed by atoms with E-state index in [0.717, 1.165) is 18.4 Å². The Labute approximate surface area is 59.2 Å². The number of allylic oxidation sites excluding steroid dienone is 2. The summed E-state index contributed by atoms with van der Waals surface area (Å²) >= 11 is 0. The molecule has 0 bridgehead atoms. The molecule has 10 heavy (non-hydrogen) atoms. The van der Waals surface area contributed by atoms with E-state index in [2.05, 4.69) is 6.08 Å². The molecule has 1 heterocycles. The van der Waals surface area contributed by atoms with Crippen LogP contribution in [-0.4, -0.2) is 12.6 Å². The smallest absolute Gasteiger partial charge is 0.334 e. The number of carbonyl (C=O) groups is 1. The topological polar surface area (TPSA) is 26.3 Å². The predicted octanol–water partition coefficient (Wildman–Crippen LogP) is 1.19. The second kappa shape index (κ2) is 1.97. The highest BCUT2D eigenvalue weighted by Gasteiger charge is 2.23. The summed E-state index contributed by atoms with van der Waals surface area (Å²) in [6.07, 6.45) is 5.78. The van der Waals surface area contributed by atoms with Gasteiger partial charge in [-0.15, -0.1) is 0 Å². The molecule has 2 aliphatic rings. The van der Waals surface area contributed by atoms with E-state index in [4.69, 9.17) is 4.74 Å². The first-order chi connectivity index (χ1) is 4.88. The van der Waals surface area contributed by atoms with Crippen LogP contribution in [0, 0.1) is 0 Å². The molecule has 2 heteroatoms. The zero-order valence-corrected chi connectivity index (χ0v) is 5.59. The van der Waals surface area contributed by atoms with Gasteiger partial charge in [-0.05, 0) is 18.4 Å². The summed E-state index contributed by atoms with van der Waals surface area (Å²) in [7, 11) is 0. The van der Waals surface area contributed by atoms with Gasteiger partial charge in [0, 0.05) is 5.57 Å². The van der Waals surface area contributed by atoms with Gasteiger partial charge in [0.1, 0.15) is 6.61 Å². The molecule has 1 aliphatic heterocycles. The molecule has 0 spiro atoms. The van der Waals surface area contributed by atoms with Crippen LogP contribution in [0.1, 0.15) is 12.8 Å². The maximum Gasteiger partial charge on any atom is 0.334 e. The summed E-state index contributed by atoms with van der Waals surface area (Å²) in [5.74, 6) is -0.112. The highest BCUT2D eigenvalue weighted by Crippen LogP contribution is 2.25. The van der Waals surface area contributed by atoms with E-state index in [1.54, 1.807) is 0 Å². The van der Waals surface area contributed by atoms with Crippen molar-refractivity contribution in [3.63, 3.8) is 0 Å². The number of rotatable bonds is 0. The number of hydrogen-bond acceptors (Lipinski definition) is 2. The normalized spacial score (nSPS) is 23.0. The van der Waals surface area contributed by atoms with Gasteiger partial charge in [-0.2, -0.15) is 0 Å². The van der Waals surface area contributed by atoms with E-state index in [9.17, 15) is 4.79 Å². The standard InChI is InChI=1S/C8H8O2/c9-8-7-4-2-1-3-6(7)5-10-8/h1-2H,3-5H2. The average molecular weight is 136 g/mol. The van der Waals surface area contributed by atoms with Crippen molar-refractivity contribution in [3.05, 3.63) is 23.3 Å². The quantitative estimate of drug-likeness (QED) is 0.369. The highest BCUT2D eigenvalue weighted by atomic mass is 16.5. The third-order valence-electron chi connectivity index (χ3n) is 1.90. The van der Waals surface area contributed by atoms with Crippen molar-refractivity contribution in [3.8, 4) is 0 Å². The van der Waals surface area contributed by atoms with Gasteiger partial charge < -0.3 is 4.74 Å². The molecule has 0 radical (unpaired) electrons. The fourth-order valence-corrected chi connectivity index (χ4v) is 1.31. The monoisotopic (exact) mass is 136 g/mol. The van der Waals surface area contributed by atoms with Crippen molar-refractivity contribution < 1.29 is 9.53 Å². The Morgan fingerprint density at radius 2 is 2.10 bits per heavy atom. The van der Waals surface area contributed by atoms with Crippen LogP contribution in [0.3, 0.4) is 0 Å². The average Bonchev–Trinajstić information content (AvgIpc) is 2.34. The first-order valence-corrected chi connectivity index (χ1v) is 3.41. The largest absolute Gasteiger partial charge is 0.458 e. The molecule has 0 saturated heterocycles. The van der Waals surface area contributed by atoms with Crippen LogP contribution in [-0.2, 0) is 9.53 Å². The summed E-state index contributed by atoms with van der Waals surface area (Å²) in [6.45, 7) is 0.526. The van der Waals surface area contributed by atoms with Crippen LogP contribution in [0.15, 0.2) is 23.3 Å². The highest BCUT2D eigenvalue weighted by molar-refractivity contribution is 5.92. The Kier molecular flexibility index (Phi) is 1.13. The summed E-state index contributed by atoms with van der Waals surface area (Å²) in [6, 6.07) is 0. The Hall–Kier alpha value is -1.05. The Balaban J connectivity index is 2.31. The van der Waals surface area contributed by atoms with Crippen LogP contribution < -0.4 is 0 Å². The van der Waals surface area contributed by atoms with Crippen molar-refractivity contribution in [2.45, 2.75) is 12.8 Å². The maximum atomic E-state index is 10.9. The van der Waals surface area contributed by atoms with Crippen molar-refractivity contribution in [2.75, 3.05) is 6.61 Å². The molecule has 0 atom stereocenters. The zero-order valence-electron chi connectivity index (χ0n) is 5.59. The van der Waals surface area contributed by atoms with Crippen LogP contribution in [0.5, 0.6) is 0 Å². The molecule has 2 rings (SSSR count). The SMILES string of the molecule is O=C1OCC2=C1CC=CC2. The van der Waals surface area contributed by atoms with Crippen LogP contribution in [0.4, 0.5) is 0 Å². The molecule has 0 unspecified atom stereocenters. The number of hydrogen-bond donors (Lipinski definition) is 0.